The molecule has 1 atom stereocenters. The van der Waals surface area contributed by atoms with Crippen LogP contribution >= 0.6 is 0 Å². The third-order valence-corrected chi connectivity index (χ3v) is 4.69. The van der Waals surface area contributed by atoms with E-state index in [1.165, 1.54) is 0 Å². The topological polar surface area (TPSA) is 70.5 Å². The van der Waals surface area contributed by atoms with Crippen molar-refractivity contribution in [1.82, 2.24) is 19.6 Å². The summed E-state index contributed by atoms with van der Waals surface area (Å²) in [5.74, 6) is 0.535. The van der Waals surface area contributed by atoms with Gasteiger partial charge in [0.15, 0.2) is 0 Å². The number of aryl methyl sites for hydroxylation is 2. The summed E-state index contributed by atoms with van der Waals surface area (Å²) in [5.41, 5.74) is 0.872. The molecule has 0 bridgehead atoms. The van der Waals surface area contributed by atoms with Crippen LogP contribution in [0.15, 0.2) is 6.07 Å². The number of nitrogens with one attached hydrogen (secondary N) is 1. The van der Waals surface area contributed by atoms with Crippen molar-refractivity contribution in [2.75, 3.05) is 31.5 Å². The number of aromatic nitrogens is 2. The van der Waals surface area contributed by atoms with Gasteiger partial charge in [-0.15, -0.1) is 0 Å². The zero-order valence-corrected chi connectivity index (χ0v) is 13.9. The quantitative estimate of drug-likeness (QED) is 0.900. The van der Waals surface area contributed by atoms with Gasteiger partial charge < -0.3 is 15.1 Å². The fourth-order valence-corrected chi connectivity index (χ4v) is 3.43. The minimum Gasteiger partial charge on any atom is -0.325 e. The Balaban J connectivity index is 1.60. The highest BCUT2D eigenvalue weighted by atomic mass is 16.2. The Labute approximate surface area is 136 Å². The van der Waals surface area contributed by atoms with E-state index in [2.05, 4.69) is 10.4 Å². The minimum atomic E-state index is -0.148. The largest absolute Gasteiger partial charge is 0.325 e. The Morgan fingerprint density at radius 2 is 1.87 bits per heavy atom. The summed E-state index contributed by atoms with van der Waals surface area (Å²) in [6.07, 6.45) is 3.88. The van der Waals surface area contributed by atoms with Crippen LogP contribution in [0, 0.1) is 12.8 Å². The van der Waals surface area contributed by atoms with E-state index in [1.54, 1.807) is 4.68 Å². The highest BCUT2D eigenvalue weighted by molar-refractivity contribution is 5.92. The van der Waals surface area contributed by atoms with E-state index >= 15 is 0 Å². The molecule has 3 amide bonds. The molecule has 1 aromatic rings. The number of hydrogen-bond donors (Lipinski definition) is 1. The highest BCUT2D eigenvalue weighted by Crippen LogP contribution is 2.21. The van der Waals surface area contributed by atoms with E-state index in [-0.39, 0.29) is 17.9 Å². The summed E-state index contributed by atoms with van der Waals surface area (Å²) in [7, 11) is 1.81. The fourth-order valence-electron chi connectivity index (χ4n) is 3.43. The Kier molecular flexibility index (Phi) is 4.54. The van der Waals surface area contributed by atoms with Crippen LogP contribution in [0.1, 0.15) is 31.4 Å². The Morgan fingerprint density at radius 1 is 1.17 bits per heavy atom. The second-order valence-electron chi connectivity index (χ2n) is 6.55. The number of anilines is 1. The summed E-state index contributed by atoms with van der Waals surface area (Å²) in [5, 5.41) is 7.18. The van der Waals surface area contributed by atoms with Crippen molar-refractivity contribution in [1.29, 1.82) is 0 Å². The standard InChI is InChI=1S/C16H25N5O2/c1-12-10-14(19(2)18-12)17-15(22)13-6-5-9-21(11-13)16(23)20-7-3-4-8-20/h10,13H,3-9,11H2,1-2H3,(H,17,22)/t13-/m1/s1. The molecule has 2 aliphatic heterocycles. The average Bonchev–Trinajstić information content (AvgIpc) is 3.17. The minimum absolute atomic E-state index is 0.0214. The third-order valence-electron chi connectivity index (χ3n) is 4.69. The number of rotatable bonds is 2. The molecule has 0 aromatic carbocycles. The van der Waals surface area contributed by atoms with Crippen LogP contribution in [0.3, 0.4) is 0 Å². The molecular formula is C16H25N5O2. The van der Waals surface area contributed by atoms with Crippen LogP contribution in [-0.4, -0.2) is 57.7 Å². The molecule has 0 aliphatic carbocycles. The van der Waals surface area contributed by atoms with Crippen molar-refractivity contribution >= 4 is 17.8 Å². The first kappa shape index (κ1) is 15.8. The number of nitrogens with zero attached hydrogens (tertiary/aromatic N) is 4. The molecule has 7 heteroatoms. The summed E-state index contributed by atoms with van der Waals surface area (Å²) in [6, 6.07) is 1.95. The normalized spacial score (nSPS) is 21.6. The molecule has 0 radical (unpaired) electrons. The Bertz CT molecular complexity index is 591. The van der Waals surface area contributed by atoms with Gasteiger partial charge in [0.2, 0.25) is 5.91 Å². The smallest absolute Gasteiger partial charge is 0.320 e. The SMILES string of the molecule is Cc1cc(NC(=O)[C@@H]2CCCN(C(=O)N3CCCC3)C2)n(C)n1. The first-order valence-electron chi connectivity index (χ1n) is 8.40. The van der Waals surface area contributed by atoms with Gasteiger partial charge in [0, 0.05) is 39.3 Å². The predicted molar refractivity (Wildman–Crippen MR) is 87.1 cm³/mol. The molecule has 0 saturated carbocycles. The van der Waals surface area contributed by atoms with Gasteiger partial charge in [-0.2, -0.15) is 5.10 Å². The summed E-state index contributed by atoms with van der Waals surface area (Å²) in [6.45, 7) is 4.86. The van der Waals surface area contributed by atoms with Gasteiger partial charge in [-0.3, -0.25) is 9.48 Å². The van der Waals surface area contributed by atoms with E-state index in [0.717, 1.165) is 51.0 Å². The molecule has 2 aliphatic rings. The van der Waals surface area contributed by atoms with Crippen molar-refractivity contribution < 1.29 is 9.59 Å². The van der Waals surface area contributed by atoms with Gasteiger partial charge in [0.05, 0.1) is 11.6 Å². The molecule has 2 fully saturated rings. The van der Waals surface area contributed by atoms with Crippen LogP contribution in [-0.2, 0) is 11.8 Å². The van der Waals surface area contributed by atoms with Gasteiger partial charge in [0.1, 0.15) is 5.82 Å². The monoisotopic (exact) mass is 319 g/mol. The number of carbonyl (C=O) groups excluding carboxylic acids is 2. The van der Waals surface area contributed by atoms with Crippen LogP contribution in [0.5, 0.6) is 0 Å². The lowest BCUT2D eigenvalue weighted by Gasteiger charge is -2.34. The van der Waals surface area contributed by atoms with Gasteiger partial charge >= 0.3 is 6.03 Å². The summed E-state index contributed by atoms with van der Waals surface area (Å²) < 4.78 is 1.67. The van der Waals surface area contributed by atoms with Crippen molar-refractivity contribution in [2.45, 2.75) is 32.6 Å². The van der Waals surface area contributed by atoms with Crippen molar-refractivity contribution in [2.24, 2.45) is 13.0 Å². The molecule has 0 spiro atoms. The molecular weight excluding hydrogens is 294 g/mol. The van der Waals surface area contributed by atoms with Crippen molar-refractivity contribution in [3.63, 3.8) is 0 Å². The lowest BCUT2D eigenvalue weighted by Crippen LogP contribution is -2.48. The molecule has 2 saturated heterocycles. The van der Waals surface area contributed by atoms with Gasteiger partial charge in [-0.1, -0.05) is 0 Å². The van der Waals surface area contributed by atoms with E-state index < -0.39 is 0 Å². The van der Waals surface area contributed by atoms with Crippen molar-refractivity contribution in [3.8, 4) is 0 Å². The van der Waals surface area contributed by atoms with Crippen LogP contribution in [0.25, 0.3) is 0 Å². The number of carbonyl (C=O) groups is 2. The molecule has 7 nitrogen and oxygen atoms in total. The molecule has 23 heavy (non-hydrogen) atoms. The zero-order chi connectivity index (χ0) is 16.4. The second-order valence-corrected chi connectivity index (χ2v) is 6.55. The molecule has 3 heterocycles. The Morgan fingerprint density at radius 3 is 2.52 bits per heavy atom. The van der Waals surface area contributed by atoms with E-state index in [1.807, 2.05) is 29.8 Å². The van der Waals surface area contributed by atoms with Crippen molar-refractivity contribution in [3.05, 3.63) is 11.8 Å². The van der Waals surface area contributed by atoms with Gasteiger partial charge in [-0.05, 0) is 32.6 Å². The van der Waals surface area contributed by atoms with Crippen LogP contribution < -0.4 is 5.32 Å². The first-order chi connectivity index (χ1) is 11.0. The number of urea groups is 1. The van der Waals surface area contributed by atoms with Crippen LogP contribution in [0.4, 0.5) is 10.6 Å². The van der Waals surface area contributed by atoms with E-state index in [4.69, 9.17) is 0 Å². The van der Waals surface area contributed by atoms with Gasteiger partial charge in [-0.25, -0.2) is 4.79 Å². The fraction of sp³-hybridized carbons (Fsp3) is 0.688. The van der Waals surface area contributed by atoms with Gasteiger partial charge in [0.25, 0.3) is 0 Å². The molecule has 0 unspecified atom stereocenters. The molecule has 3 rings (SSSR count). The number of hydrogen-bond acceptors (Lipinski definition) is 3. The molecule has 1 aromatic heterocycles. The summed E-state index contributed by atoms with van der Waals surface area (Å²) >= 11 is 0. The maximum atomic E-state index is 12.5. The highest BCUT2D eigenvalue weighted by Gasteiger charge is 2.31. The third kappa shape index (κ3) is 3.48. The Hall–Kier alpha value is -2.05. The van der Waals surface area contributed by atoms with Crippen LogP contribution in [0.2, 0.25) is 0 Å². The molecule has 1 N–H and O–H groups in total. The number of piperidine rings is 1. The predicted octanol–water partition coefficient (Wildman–Crippen LogP) is 1.59. The summed E-state index contributed by atoms with van der Waals surface area (Å²) in [4.78, 5) is 28.8. The zero-order valence-electron chi connectivity index (χ0n) is 13.9. The van der Waals surface area contributed by atoms with E-state index in [0.29, 0.717) is 12.4 Å². The molecule has 126 valence electrons. The second kappa shape index (κ2) is 6.60. The average molecular weight is 319 g/mol. The first-order valence-corrected chi connectivity index (χ1v) is 8.40. The van der Waals surface area contributed by atoms with E-state index in [9.17, 15) is 9.59 Å². The number of amides is 3. The lowest BCUT2D eigenvalue weighted by atomic mass is 9.97. The number of likely N-dealkylation sites (tertiary alicyclic amines) is 2. The lowest BCUT2D eigenvalue weighted by molar-refractivity contribution is -0.121. The maximum Gasteiger partial charge on any atom is 0.320 e. The maximum absolute atomic E-state index is 12.5.